The van der Waals surface area contributed by atoms with Gasteiger partial charge in [-0.1, -0.05) is 31.0 Å². The second-order valence-electron chi connectivity index (χ2n) is 4.35. The van der Waals surface area contributed by atoms with Gasteiger partial charge in [-0.3, -0.25) is 0 Å². The maximum absolute atomic E-state index is 5.15. The Bertz CT molecular complexity index is 271. The number of rotatable bonds is 6. The molecule has 0 spiro atoms. The lowest BCUT2D eigenvalue weighted by Gasteiger charge is -2.21. The van der Waals surface area contributed by atoms with Crippen LogP contribution in [0.5, 0.6) is 0 Å². The van der Waals surface area contributed by atoms with Crippen molar-refractivity contribution in [2.24, 2.45) is 5.92 Å². The van der Waals surface area contributed by atoms with Crippen LogP contribution in [0.2, 0.25) is 0 Å². The molecule has 3 nitrogen and oxygen atoms in total. The number of nitrogens with zero attached hydrogens (tertiary/aromatic N) is 1. The molecule has 0 saturated heterocycles. The van der Waals surface area contributed by atoms with Crippen molar-refractivity contribution in [3.8, 4) is 0 Å². The topological polar surface area (TPSA) is 38.1 Å². The lowest BCUT2D eigenvalue weighted by molar-refractivity contribution is 0.345. The Morgan fingerprint density at radius 2 is 2.25 bits per heavy atom. The van der Waals surface area contributed by atoms with Crippen LogP contribution in [0.25, 0.3) is 0 Å². The van der Waals surface area contributed by atoms with Crippen molar-refractivity contribution < 1.29 is 4.42 Å². The van der Waals surface area contributed by atoms with Gasteiger partial charge in [-0.25, -0.2) is 4.98 Å². The van der Waals surface area contributed by atoms with Crippen molar-refractivity contribution in [3.63, 3.8) is 0 Å². The summed E-state index contributed by atoms with van der Waals surface area (Å²) in [5.74, 6) is 1.95. The van der Waals surface area contributed by atoms with Gasteiger partial charge in [0.1, 0.15) is 6.26 Å². The third kappa shape index (κ3) is 4.18. The zero-order valence-corrected chi connectivity index (χ0v) is 10.5. The highest BCUT2D eigenvalue weighted by Gasteiger charge is 2.12. The van der Waals surface area contributed by atoms with Crippen LogP contribution >= 0.6 is 11.8 Å². The van der Waals surface area contributed by atoms with Gasteiger partial charge in [-0.2, -0.15) is 0 Å². The van der Waals surface area contributed by atoms with Gasteiger partial charge in [0.15, 0.2) is 0 Å². The molecule has 0 amide bonds. The molecule has 0 bridgehead atoms. The maximum atomic E-state index is 5.15. The maximum Gasteiger partial charge on any atom is 0.255 e. The van der Waals surface area contributed by atoms with E-state index in [1.54, 1.807) is 24.2 Å². The predicted molar refractivity (Wildman–Crippen MR) is 66.7 cm³/mol. The zero-order chi connectivity index (χ0) is 11.1. The Morgan fingerprint density at radius 1 is 1.38 bits per heavy atom. The van der Waals surface area contributed by atoms with Gasteiger partial charge in [-0.05, 0) is 25.3 Å². The summed E-state index contributed by atoms with van der Waals surface area (Å²) in [4.78, 5) is 4.07. The Hall–Kier alpha value is -0.480. The number of thioether (sulfide) groups is 1. The highest BCUT2D eigenvalue weighted by molar-refractivity contribution is 7.99. The van der Waals surface area contributed by atoms with E-state index in [0.717, 1.165) is 23.4 Å². The lowest BCUT2D eigenvalue weighted by atomic mass is 9.89. The van der Waals surface area contributed by atoms with E-state index in [4.69, 9.17) is 4.42 Å². The molecule has 0 radical (unpaired) electrons. The highest BCUT2D eigenvalue weighted by atomic mass is 32.2. The summed E-state index contributed by atoms with van der Waals surface area (Å²) in [7, 11) is 0. The molecule has 0 aliphatic heterocycles. The van der Waals surface area contributed by atoms with Crippen LogP contribution in [0.15, 0.2) is 22.1 Å². The molecule has 0 unspecified atom stereocenters. The van der Waals surface area contributed by atoms with Gasteiger partial charge in [0.25, 0.3) is 5.22 Å². The van der Waals surface area contributed by atoms with Crippen molar-refractivity contribution >= 4 is 11.8 Å². The fourth-order valence-electron chi connectivity index (χ4n) is 2.19. The summed E-state index contributed by atoms with van der Waals surface area (Å²) in [5, 5.41) is 4.30. The van der Waals surface area contributed by atoms with Crippen LogP contribution in [0.4, 0.5) is 0 Å². The van der Waals surface area contributed by atoms with E-state index in [-0.39, 0.29) is 0 Å². The molecule has 1 fully saturated rings. The van der Waals surface area contributed by atoms with Crippen LogP contribution in [0.1, 0.15) is 32.1 Å². The van der Waals surface area contributed by atoms with E-state index in [1.807, 2.05) is 0 Å². The zero-order valence-electron chi connectivity index (χ0n) is 9.65. The third-order valence-electron chi connectivity index (χ3n) is 3.07. The Balaban J connectivity index is 1.48. The summed E-state index contributed by atoms with van der Waals surface area (Å²) in [6.45, 7) is 2.23. The SMILES string of the molecule is c1coc(SCCNCC2CCCCC2)n1. The summed E-state index contributed by atoms with van der Waals surface area (Å²) >= 11 is 1.67. The second kappa shape index (κ2) is 6.97. The van der Waals surface area contributed by atoms with Gasteiger partial charge in [-0.15, -0.1) is 0 Å². The van der Waals surface area contributed by atoms with Gasteiger partial charge < -0.3 is 9.73 Å². The third-order valence-corrected chi connectivity index (χ3v) is 3.93. The van der Waals surface area contributed by atoms with Crippen molar-refractivity contribution in [1.29, 1.82) is 0 Å². The molecule has 90 valence electrons. The Morgan fingerprint density at radius 3 is 3.00 bits per heavy atom. The van der Waals surface area contributed by atoms with Crippen molar-refractivity contribution in [1.82, 2.24) is 10.3 Å². The number of oxazole rings is 1. The normalized spacial score (nSPS) is 17.8. The molecule has 16 heavy (non-hydrogen) atoms. The molecule has 1 aliphatic rings. The Kier molecular flexibility index (Phi) is 5.22. The largest absolute Gasteiger partial charge is 0.440 e. The number of hydrogen-bond donors (Lipinski definition) is 1. The van der Waals surface area contributed by atoms with Crippen LogP contribution in [-0.2, 0) is 0 Å². The predicted octanol–water partition coefficient (Wildman–Crippen LogP) is 2.94. The summed E-state index contributed by atoms with van der Waals surface area (Å²) in [6.07, 6.45) is 10.4. The fraction of sp³-hybridized carbons (Fsp3) is 0.750. The quantitative estimate of drug-likeness (QED) is 0.613. The van der Waals surface area contributed by atoms with Crippen molar-refractivity contribution in [2.45, 2.75) is 37.3 Å². The van der Waals surface area contributed by atoms with Crippen LogP contribution < -0.4 is 5.32 Å². The average molecular weight is 240 g/mol. The van der Waals surface area contributed by atoms with Gasteiger partial charge >= 0.3 is 0 Å². The molecular weight excluding hydrogens is 220 g/mol. The highest BCUT2D eigenvalue weighted by Crippen LogP contribution is 2.22. The molecule has 1 heterocycles. The summed E-state index contributed by atoms with van der Waals surface area (Å²) in [6, 6.07) is 0. The van der Waals surface area contributed by atoms with E-state index >= 15 is 0 Å². The van der Waals surface area contributed by atoms with E-state index in [2.05, 4.69) is 10.3 Å². The van der Waals surface area contributed by atoms with E-state index in [1.165, 1.54) is 38.6 Å². The molecule has 1 saturated carbocycles. The number of aromatic nitrogens is 1. The summed E-state index contributed by atoms with van der Waals surface area (Å²) < 4.78 is 5.15. The smallest absolute Gasteiger partial charge is 0.255 e. The molecule has 2 rings (SSSR count). The van der Waals surface area contributed by atoms with Crippen LogP contribution in [-0.4, -0.2) is 23.8 Å². The first-order chi connectivity index (χ1) is 7.95. The molecule has 1 N–H and O–H groups in total. The fourth-order valence-corrected chi connectivity index (χ4v) is 2.87. The minimum Gasteiger partial charge on any atom is -0.440 e. The monoisotopic (exact) mass is 240 g/mol. The van der Waals surface area contributed by atoms with Gasteiger partial charge in [0.2, 0.25) is 0 Å². The first-order valence-electron chi connectivity index (χ1n) is 6.18. The molecule has 0 atom stereocenters. The molecular formula is C12H20N2OS. The first kappa shape index (κ1) is 12.0. The molecule has 1 aromatic heterocycles. The molecule has 1 aromatic rings. The molecule has 0 aromatic carbocycles. The van der Waals surface area contributed by atoms with Gasteiger partial charge in [0, 0.05) is 12.3 Å². The number of hydrogen-bond acceptors (Lipinski definition) is 4. The van der Waals surface area contributed by atoms with Crippen molar-refractivity contribution in [3.05, 3.63) is 12.5 Å². The van der Waals surface area contributed by atoms with Crippen molar-refractivity contribution in [2.75, 3.05) is 18.8 Å². The van der Waals surface area contributed by atoms with Crippen LogP contribution in [0.3, 0.4) is 0 Å². The minimum absolute atomic E-state index is 0.777. The standard InChI is InChI=1S/C12H20N2OS/c1-2-4-11(5-3-1)10-13-7-9-16-12-14-6-8-15-12/h6,8,11,13H,1-5,7,9-10H2. The molecule has 4 heteroatoms. The summed E-state index contributed by atoms with van der Waals surface area (Å²) in [5.41, 5.74) is 0. The first-order valence-corrected chi connectivity index (χ1v) is 7.17. The van der Waals surface area contributed by atoms with Crippen LogP contribution in [0, 0.1) is 5.92 Å². The average Bonchev–Trinajstić information content (AvgIpc) is 2.83. The van der Waals surface area contributed by atoms with E-state index < -0.39 is 0 Å². The molecule has 1 aliphatic carbocycles. The second-order valence-corrected chi connectivity index (χ2v) is 5.40. The van der Waals surface area contributed by atoms with Gasteiger partial charge in [0.05, 0.1) is 6.20 Å². The van der Waals surface area contributed by atoms with E-state index in [0.29, 0.717) is 0 Å². The van der Waals surface area contributed by atoms with E-state index in [9.17, 15) is 0 Å². The minimum atomic E-state index is 0.777. The lowest BCUT2D eigenvalue weighted by Crippen LogP contribution is -2.26. The number of nitrogens with one attached hydrogen (secondary N) is 1. The Labute approximate surface area is 101 Å².